The SMILES string of the molecule is COc1cc2c(cc1OC)CN(C(=O)COC(=O)c1cccnc1Cl)CC2. The van der Waals surface area contributed by atoms with Crippen LogP contribution in [0.2, 0.25) is 5.15 Å². The van der Waals surface area contributed by atoms with Gasteiger partial charge in [-0.1, -0.05) is 11.6 Å². The van der Waals surface area contributed by atoms with Gasteiger partial charge < -0.3 is 19.1 Å². The summed E-state index contributed by atoms with van der Waals surface area (Å²) in [6.45, 7) is 0.596. The Balaban J connectivity index is 1.64. The van der Waals surface area contributed by atoms with Gasteiger partial charge in [-0.05, 0) is 41.8 Å². The Morgan fingerprint density at radius 2 is 1.89 bits per heavy atom. The number of ether oxygens (including phenoxy) is 3. The Hall–Kier alpha value is -2.80. The number of methoxy groups -OCH3 is 2. The highest BCUT2D eigenvalue weighted by molar-refractivity contribution is 6.32. The van der Waals surface area contributed by atoms with Gasteiger partial charge in [-0.15, -0.1) is 0 Å². The maximum absolute atomic E-state index is 12.5. The lowest BCUT2D eigenvalue weighted by Crippen LogP contribution is -2.38. The molecule has 142 valence electrons. The summed E-state index contributed by atoms with van der Waals surface area (Å²) in [6.07, 6.45) is 2.16. The van der Waals surface area contributed by atoms with Crippen LogP contribution in [0.25, 0.3) is 0 Å². The van der Waals surface area contributed by atoms with Gasteiger partial charge in [0.1, 0.15) is 5.15 Å². The zero-order valence-corrected chi connectivity index (χ0v) is 15.8. The largest absolute Gasteiger partial charge is 0.493 e. The molecule has 3 rings (SSSR count). The summed E-state index contributed by atoms with van der Waals surface area (Å²) in [6, 6.07) is 6.88. The number of nitrogens with zero attached hydrogens (tertiary/aromatic N) is 2. The monoisotopic (exact) mass is 390 g/mol. The lowest BCUT2D eigenvalue weighted by molar-refractivity contribution is -0.135. The van der Waals surface area contributed by atoms with E-state index in [1.54, 1.807) is 25.2 Å². The number of rotatable bonds is 5. The summed E-state index contributed by atoms with van der Waals surface area (Å²) in [4.78, 5) is 30.0. The van der Waals surface area contributed by atoms with Crippen LogP contribution < -0.4 is 9.47 Å². The molecule has 7 nitrogen and oxygen atoms in total. The van der Waals surface area contributed by atoms with Gasteiger partial charge in [0, 0.05) is 19.3 Å². The number of carbonyl (C=O) groups is 2. The molecule has 0 radical (unpaired) electrons. The van der Waals surface area contributed by atoms with E-state index < -0.39 is 5.97 Å². The molecule has 0 fully saturated rings. The van der Waals surface area contributed by atoms with Crippen LogP contribution in [-0.2, 0) is 22.5 Å². The van der Waals surface area contributed by atoms with Crippen LogP contribution in [0.3, 0.4) is 0 Å². The van der Waals surface area contributed by atoms with Crippen molar-refractivity contribution in [3.05, 3.63) is 52.3 Å². The van der Waals surface area contributed by atoms with Gasteiger partial charge >= 0.3 is 5.97 Å². The second-order valence-corrected chi connectivity index (χ2v) is 6.32. The standard InChI is InChI=1S/C19H19ClN2O5/c1-25-15-8-12-5-7-22(10-13(12)9-16(15)26-2)17(23)11-27-19(24)14-4-3-6-21-18(14)20/h3-4,6,8-9H,5,7,10-11H2,1-2H3. The van der Waals surface area contributed by atoms with E-state index in [2.05, 4.69) is 4.98 Å². The molecule has 0 aliphatic carbocycles. The number of pyridine rings is 1. The van der Waals surface area contributed by atoms with Crippen molar-refractivity contribution in [3.63, 3.8) is 0 Å². The number of carbonyl (C=O) groups excluding carboxylic acids is 2. The van der Waals surface area contributed by atoms with Crippen LogP contribution in [0, 0.1) is 0 Å². The van der Waals surface area contributed by atoms with Crippen molar-refractivity contribution >= 4 is 23.5 Å². The number of halogens is 1. The third-order valence-electron chi connectivity index (χ3n) is 4.38. The van der Waals surface area contributed by atoms with Gasteiger partial charge in [0.15, 0.2) is 18.1 Å². The molecular formula is C19H19ClN2O5. The molecular weight excluding hydrogens is 372 g/mol. The smallest absolute Gasteiger partial charge is 0.341 e. The van der Waals surface area contributed by atoms with Gasteiger partial charge in [-0.25, -0.2) is 9.78 Å². The van der Waals surface area contributed by atoms with Crippen LogP contribution >= 0.6 is 11.6 Å². The van der Waals surface area contributed by atoms with E-state index in [0.717, 1.165) is 11.1 Å². The Bertz CT molecular complexity index is 871. The van der Waals surface area contributed by atoms with Crippen molar-refractivity contribution in [2.45, 2.75) is 13.0 Å². The van der Waals surface area contributed by atoms with E-state index in [4.69, 9.17) is 25.8 Å². The van der Waals surface area contributed by atoms with Crippen LogP contribution in [0.4, 0.5) is 0 Å². The average Bonchev–Trinajstić information content (AvgIpc) is 2.70. The second-order valence-electron chi connectivity index (χ2n) is 5.96. The van der Waals surface area contributed by atoms with Gasteiger partial charge in [-0.3, -0.25) is 4.79 Å². The van der Waals surface area contributed by atoms with E-state index in [0.29, 0.717) is 31.0 Å². The zero-order valence-electron chi connectivity index (χ0n) is 15.0. The van der Waals surface area contributed by atoms with Gasteiger partial charge in [0.05, 0.1) is 19.8 Å². The van der Waals surface area contributed by atoms with Crippen molar-refractivity contribution in [1.29, 1.82) is 0 Å². The summed E-state index contributed by atoms with van der Waals surface area (Å²) in [7, 11) is 3.16. The minimum absolute atomic E-state index is 0.0443. The third-order valence-corrected chi connectivity index (χ3v) is 4.68. The van der Waals surface area contributed by atoms with Crippen molar-refractivity contribution in [3.8, 4) is 11.5 Å². The van der Waals surface area contributed by atoms with E-state index in [1.807, 2.05) is 12.1 Å². The highest BCUT2D eigenvalue weighted by atomic mass is 35.5. The van der Waals surface area contributed by atoms with E-state index in [-0.39, 0.29) is 23.2 Å². The molecule has 8 heteroatoms. The Labute approximate surface area is 161 Å². The molecule has 27 heavy (non-hydrogen) atoms. The topological polar surface area (TPSA) is 78.0 Å². The summed E-state index contributed by atoms with van der Waals surface area (Å²) in [5.74, 6) is 0.329. The molecule has 1 aromatic carbocycles. The minimum Gasteiger partial charge on any atom is -0.493 e. The summed E-state index contributed by atoms with van der Waals surface area (Å²) < 4.78 is 15.7. The van der Waals surface area contributed by atoms with Crippen molar-refractivity contribution in [1.82, 2.24) is 9.88 Å². The highest BCUT2D eigenvalue weighted by Crippen LogP contribution is 2.33. The van der Waals surface area contributed by atoms with Crippen molar-refractivity contribution < 1.29 is 23.8 Å². The molecule has 0 unspecified atom stereocenters. The molecule has 0 bridgehead atoms. The number of aromatic nitrogens is 1. The Morgan fingerprint density at radius 3 is 2.56 bits per heavy atom. The van der Waals surface area contributed by atoms with Crippen LogP contribution in [0.15, 0.2) is 30.5 Å². The molecule has 1 aliphatic heterocycles. The number of hydrogen-bond donors (Lipinski definition) is 0. The summed E-state index contributed by atoms with van der Waals surface area (Å²) >= 11 is 5.86. The number of esters is 1. The Morgan fingerprint density at radius 1 is 1.19 bits per heavy atom. The van der Waals surface area contributed by atoms with Crippen LogP contribution in [0.1, 0.15) is 21.5 Å². The molecule has 0 saturated heterocycles. The van der Waals surface area contributed by atoms with Gasteiger partial charge in [-0.2, -0.15) is 0 Å². The lowest BCUT2D eigenvalue weighted by Gasteiger charge is -2.29. The molecule has 1 aliphatic rings. The molecule has 0 N–H and O–H groups in total. The molecule has 0 spiro atoms. The van der Waals surface area contributed by atoms with Crippen molar-refractivity contribution in [2.24, 2.45) is 0 Å². The van der Waals surface area contributed by atoms with Crippen LogP contribution in [0.5, 0.6) is 11.5 Å². The first-order chi connectivity index (χ1) is 13.0. The normalized spacial score (nSPS) is 12.9. The molecule has 2 heterocycles. The van der Waals surface area contributed by atoms with Crippen LogP contribution in [-0.4, -0.2) is 49.1 Å². The summed E-state index contributed by atoms with van der Waals surface area (Å²) in [5, 5.41) is 0.0443. The van der Waals surface area contributed by atoms with Gasteiger partial charge in [0.2, 0.25) is 0 Å². The van der Waals surface area contributed by atoms with E-state index in [9.17, 15) is 9.59 Å². The Kier molecular flexibility index (Phi) is 5.81. The maximum Gasteiger partial charge on any atom is 0.341 e. The third kappa shape index (κ3) is 4.14. The molecule has 1 aromatic heterocycles. The molecule has 2 aromatic rings. The summed E-state index contributed by atoms with van der Waals surface area (Å²) in [5.41, 5.74) is 2.22. The first-order valence-electron chi connectivity index (χ1n) is 8.32. The maximum atomic E-state index is 12.5. The fourth-order valence-corrected chi connectivity index (χ4v) is 3.13. The minimum atomic E-state index is -0.676. The van der Waals surface area contributed by atoms with Gasteiger partial charge in [0.25, 0.3) is 5.91 Å². The first kappa shape index (κ1) is 19.0. The molecule has 1 amide bonds. The zero-order chi connectivity index (χ0) is 19.4. The lowest BCUT2D eigenvalue weighted by atomic mass is 9.99. The first-order valence-corrected chi connectivity index (χ1v) is 8.70. The molecule has 0 saturated carbocycles. The fraction of sp³-hybridized carbons (Fsp3) is 0.316. The predicted molar refractivity (Wildman–Crippen MR) is 98.2 cm³/mol. The quantitative estimate of drug-likeness (QED) is 0.576. The fourth-order valence-electron chi connectivity index (χ4n) is 2.93. The second kappa shape index (κ2) is 8.26. The predicted octanol–water partition coefficient (Wildman–Crippen LogP) is 2.49. The molecule has 0 atom stereocenters. The number of hydrogen-bond acceptors (Lipinski definition) is 6. The number of amides is 1. The average molecular weight is 391 g/mol. The number of benzene rings is 1. The van der Waals surface area contributed by atoms with Crippen molar-refractivity contribution in [2.75, 3.05) is 27.4 Å². The number of fused-ring (bicyclic) bond motifs is 1. The highest BCUT2D eigenvalue weighted by Gasteiger charge is 2.24. The van der Waals surface area contributed by atoms with E-state index >= 15 is 0 Å². The van der Waals surface area contributed by atoms with E-state index in [1.165, 1.54) is 12.3 Å².